The second-order valence-electron chi connectivity index (χ2n) is 8.16. The van der Waals surface area contributed by atoms with Crippen molar-refractivity contribution in [2.45, 2.75) is 42.8 Å². The van der Waals surface area contributed by atoms with Crippen LogP contribution in [0.4, 0.5) is 4.79 Å². The summed E-state index contributed by atoms with van der Waals surface area (Å²) >= 11 is 6.33. The molecule has 0 saturated heterocycles. The van der Waals surface area contributed by atoms with Crippen molar-refractivity contribution in [1.29, 1.82) is 0 Å². The molecule has 3 rings (SSSR count). The minimum atomic E-state index is -4.05. The van der Waals surface area contributed by atoms with Gasteiger partial charge in [-0.05, 0) is 39.0 Å². The van der Waals surface area contributed by atoms with E-state index in [-0.39, 0.29) is 28.1 Å². The lowest BCUT2D eigenvalue weighted by Crippen LogP contribution is -2.42. The number of hydrogen-bond acceptors (Lipinski definition) is 7. The van der Waals surface area contributed by atoms with E-state index in [0.29, 0.717) is 10.7 Å². The first-order chi connectivity index (χ1) is 15.4. The molecule has 0 bridgehead atoms. The van der Waals surface area contributed by atoms with Gasteiger partial charge in [-0.15, -0.1) is 0 Å². The molecule has 11 heteroatoms. The molecule has 0 radical (unpaired) electrons. The molecule has 0 aliphatic heterocycles. The van der Waals surface area contributed by atoms with Crippen LogP contribution in [0.2, 0.25) is 5.02 Å². The van der Waals surface area contributed by atoms with Gasteiger partial charge in [0.1, 0.15) is 12.3 Å². The van der Waals surface area contributed by atoms with Crippen LogP contribution in [-0.4, -0.2) is 53.9 Å². The van der Waals surface area contributed by atoms with Crippen molar-refractivity contribution in [1.82, 2.24) is 19.7 Å². The molecular weight excluding hydrogens is 468 g/mol. The molecule has 176 valence electrons. The summed E-state index contributed by atoms with van der Waals surface area (Å²) < 4.78 is 38.6. The van der Waals surface area contributed by atoms with E-state index in [0.717, 1.165) is 0 Å². The molecule has 0 N–H and O–H groups in total. The number of carbonyl (C=O) groups is 1. The molecule has 33 heavy (non-hydrogen) atoms. The number of ether oxygens (including phenoxy) is 2. The zero-order valence-corrected chi connectivity index (χ0v) is 20.5. The highest BCUT2D eigenvalue weighted by molar-refractivity contribution is 7.91. The van der Waals surface area contributed by atoms with Crippen LogP contribution in [0.25, 0.3) is 5.69 Å². The molecule has 1 aromatic carbocycles. The van der Waals surface area contributed by atoms with Gasteiger partial charge in [0.2, 0.25) is 15.7 Å². The average Bonchev–Trinajstić information content (AvgIpc) is 3.21. The normalized spacial score (nSPS) is 11.8. The number of amides is 1. The average molecular weight is 493 g/mol. The quantitative estimate of drug-likeness (QED) is 0.509. The Bertz CT molecular complexity index is 1270. The zero-order valence-electron chi connectivity index (χ0n) is 18.9. The summed E-state index contributed by atoms with van der Waals surface area (Å²) in [5, 5.41) is 4.55. The number of halogens is 1. The monoisotopic (exact) mass is 492 g/mol. The molecule has 0 fully saturated rings. The highest BCUT2D eigenvalue weighted by Gasteiger charge is 2.28. The number of aromatic nitrogens is 3. The molecule has 1 amide bonds. The maximum absolute atomic E-state index is 13.5. The van der Waals surface area contributed by atoms with E-state index >= 15 is 0 Å². The maximum Gasteiger partial charge on any atom is 0.410 e. The van der Waals surface area contributed by atoms with E-state index in [9.17, 15) is 13.2 Å². The molecule has 2 aromatic heterocycles. The fraction of sp³-hybridized carbons (Fsp3) is 0.318. The van der Waals surface area contributed by atoms with Crippen molar-refractivity contribution >= 4 is 27.5 Å². The summed E-state index contributed by atoms with van der Waals surface area (Å²) in [7, 11) is -1.03. The number of para-hydroxylation sites is 1. The van der Waals surface area contributed by atoms with Crippen molar-refractivity contribution in [3.05, 3.63) is 59.4 Å². The first kappa shape index (κ1) is 24.5. The van der Waals surface area contributed by atoms with Gasteiger partial charge in [0, 0.05) is 30.9 Å². The number of carbonyl (C=O) groups excluding carboxylic acids is 1. The summed E-state index contributed by atoms with van der Waals surface area (Å²) in [4.78, 5) is 17.7. The molecule has 0 atom stereocenters. The largest absolute Gasteiger partial charge is 0.481 e. The number of sulfone groups is 1. The van der Waals surface area contributed by atoms with Gasteiger partial charge in [-0.2, -0.15) is 5.10 Å². The Labute approximate surface area is 197 Å². The summed E-state index contributed by atoms with van der Waals surface area (Å²) in [5.74, 6) is 0.152. The molecule has 0 spiro atoms. The smallest absolute Gasteiger partial charge is 0.410 e. The van der Waals surface area contributed by atoms with Crippen LogP contribution in [-0.2, 0) is 21.2 Å². The van der Waals surface area contributed by atoms with Gasteiger partial charge < -0.3 is 14.4 Å². The van der Waals surface area contributed by atoms with Crippen LogP contribution in [0.5, 0.6) is 5.88 Å². The van der Waals surface area contributed by atoms with Crippen molar-refractivity contribution in [2.75, 3.05) is 14.2 Å². The lowest BCUT2D eigenvalue weighted by molar-refractivity contribution is 0.0749. The summed E-state index contributed by atoms with van der Waals surface area (Å²) in [6.45, 7) is 5.38. The van der Waals surface area contributed by atoms with Gasteiger partial charge in [0.15, 0.2) is 5.03 Å². The van der Waals surface area contributed by atoms with Gasteiger partial charge in [0.25, 0.3) is 0 Å². The van der Waals surface area contributed by atoms with Gasteiger partial charge in [0.05, 0.1) is 22.7 Å². The van der Waals surface area contributed by atoms with E-state index < -0.39 is 21.5 Å². The third-order valence-corrected chi connectivity index (χ3v) is 6.97. The minimum Gasteiger partial charge on any atom is -0.481 e. The highest BCUT2D eigenvalue weighted by Crippen LogP contribution is 2.29. The predicted octanol–water partition coefficient (Wildman–Crippen LogP) is 4.13. The van der Waals surface area contributed by atoms with E-state index in [4.69, 9.17) is 21.1 Å². The Hall–Kier alpha value is -3.11. The Morgan fingerprint density at radius 3 is 2.52 bits per heavy atom. The van der Waals surface area contributed by atoms with Crippen LogP contribution in [0.15, 0.2) is 58.6 Å². The van der Waals surface area contributed by atoms with E-state index in [1.54, 1.807) is 31.3 Å². The van der Waals surface area contributed by atoms with Crippen LogP contribution < -0.4 is 4.74 Å². The Morgan fingerprint density at radius 1 is 1.18 bits per heavy atom. The van der Waals surface area contributed by atoms with Crippen LogP contribution in [0.3, 0.4) is 0 Å². The molecule has 0 aliphatic rings. The van der Waals surface area contributed by atoms with Crippen LogP contribution in [0, 0.1) is 0 Å². The third kappa shape index (κ3) is 5.28. The number of nitrogens with zero attached hydrogens (tertiary/aromatic N) is 4. The van der Waals surface area contributed by atoms with Crippen molar-refractivity contribution in [3.8, 4) is 11.6 Å². The summed E-state index contributed by atoms with van der Waals surface area (Å²) in [6.07, 6.45) is 0.783. The molecular formula is C22H25ClN4O5S. The van der Waals surface area contributed by atoms with E-state index in [1.807, 2.05) is 20.8 Å². The van der Waals surface area contributed by atoms with Crippen molar-refractivity contribution in [3.63, 3.8) is 0 Å². The number of rotatable bonds is 6. The second kappa shape index (κ2) is 9.40. The van der Waals surface area contributed by atoms with Crippen LogP contribution >= 0.6 is 11.6 Å². The minimum absolute atomic E-state index is 0.0291. The molecule has 3 aromatic rings. The fourth-order valence-corrected chi connectivity index (χ4v) is 4.38. The molecule has 2 heterocycles. The van der Waals surface area contributed by atoms with E-state index in [1.165, 1.54) is 41.1 Å². The number of hydrogen-bond donors (Lipinski definition) is 0. The molecule has 0 unspecified atom stereocenters. The lowest BCUT2D eigenvalue weighted by atomic mass is 10.1. The topological polar surface area (TPSA) is 104 Å². The molecule has 0 aliphatic carbocycles. The molecule has 9 nitrogen and oxygen atoms in total. The Morgan fingerprint density at radius 2 is 1.88 bits per heavy atom. The fourth-order valence-electron chi connectivity index (χ4n) is 2.77. The van der Waals surface area contributed by atoms with Gasteiger partial charge in [-0.1, -0.05) is 23.7 Å². The van der Waals surface area contributed by atoms with Gasteiger partial charge >= 0.3 is 6.09 Å². The van der Waals surface area contributed by atoms with Crippen molar-refractivity contribution < 1.29 is 22.7 Å². The lowest BCUT2D eigenvalue weighted by Gasteiger charge is -2.30. The van der Waals surface area contributed by atoms with Gasteiger partial charge in [-0.3, -0.25) is 0 Å². The third-order valence-electron chi connectivity index (χ3n) is 4.93. The van der Waals surface area contributed by atoms with Gasteiger partial charge in [-0.25, -0.2) is 22.9 Å². The molecule has 0 saturated carbocycles. The Balaban J connectivity index is 2.04. The zero-order chi connectivity index (χ0) is 24.4. The van der Waals surface area contributed by atoms with Crippen LogP contribution in [0.1, 0.15) is 26.5 Å². The number of methoxy groups -OCH3 is 1. The SMILES string of the molecule is COc1cc(S(=O)(=O)c2cc(COC(=O)N(C)C(C)(C)C)nn2-c2ccccc2Cl)ccn1. The summed E-state index contributed by atoms with van der Waals surface area (Å²) in [5.41, 5.74) is 0.163. The maximum atomic E-state index is 13.5. The summed E-state index contributed by atoms with van der Waals surface area (Å²) in [6, 6.07) is 10.7. The second-order valence-corrected chi connectivity index (χ2v) is 10.5. The first-order valence-corrected chi connectivity index (χ1v) is 11.8. The highest BCUT2D eigenvalue weighted by atomic mass is 35.5. The van der Waals surface area contributed by atoms with E-state index in [2.05, 4.69) is 10.1 Å². The van der Waals surface area contributed by atoms with Crippen molar-refractivity contribution in [2.24, 2.45) is 0 Å². The standard InChI is InChI=1S/C22H25ClN4O5S/c1-22(2,3)26(4)21(28)32-14-15-12-20(27(25-15)18-9-7-6-8-17(18)23)33(29,30)16-10-11-24-19(13-16)31-5/h6-13H,14H2,1-5H3. The number of benzene rings is 1. The predicted molar refractivity (Wildman–Crippen MR) is 123 cm³/mol. The Kier molecular flexibility index (Phi) is 6.99. The number of pyridine rings is 1. The first-order valence-electron chi connectivity index (χ1n) is 9.94.